The van der Waals surface area contributed by atoms with E-state index in [1.54, 1.807) is 19.4 Å². The summed E-state index contributed by atoms with van der Waals surface area (Å²) in [6, 6.07) is 15.9. The third-order valence-corrected chi connectivity index (χ3v) is 3.94. The van der Waals surface area contributed by atoms with Gasteiger partial charge in [-0.25, -0.2) is 4.39 Å². The molecule has 118 valence electrons. The van der Waals surface area contributed by atoms with Gasteiger partial charge < -0.3 is 4.74 Å². The summed E-state index contributed by atoms with van der Waals surface area (Å²) < 4.78 is 18.8. The molecule has 0 spiro atoms. The fraction of sp³-hybridized carbons (Fsp3) is 0.0526. The highest BCUT2D eigenvalue weighted by atomic mass is 19.1. The number of fused-ring (bicyclic) bond motifs is 1. The molecule has 0 amide bonds. The van der Waals surface area contributed by atoms with E-state index in [2.05, 4.69) is 15.2 Å². The lowest BCUT2D eigenvalue weighted by Gasteiger charge is -2.06. The van der Waals surface area contributed by atoms with Crippen LogP contribution in [0.3, 0.4) is 0 Å². The number of ether oxygens (including phenoxy) is 1. The van der Waals surface area contributed by atoms with Crippen LogP contribution in [0.1, 0.15) is 0 Å². The maximum Gasteiger partial charge on any atom is 0.123 e. The van der Waals surface area contributed by atoms with E-state index in [9.17, 15) is 4.39 Å². The van der Waals surface area contributed by atoms with Crippen LogP contribution in [-0.2, 0) is 0 Å². The van der Waals surface area contributed by atoms with Crippen molar-refractivity contribution in [2.75, 3.05) is 7.11 Å². The predicted molar refractivity (Wildman–Crippen MR) is 91.3 cm³/mol. The molecule has 24 heavy (non-hydrogen) atoms. The van der Waals surface area contributed by atoms with Crippen molar-refractivity contribution >= 4 is 10.9 Å². The van der Waals surface area contributed by atoms with E-state index in [1.807, 2.05) is 36.4 Å². The monoisotopic (exact) mass is 319 g/mol. The Hall–Kier alpha value is -3.21. The van der Waals surface area contributed by atoms with Crippen LogP contribution >= 0.6 is 0 Å². The highest BCUT2D eigenvalue weighted by molar-refractivity contribution is 6.02. The number of halogens is 1. The third-order valence-electron chi connectivity index (χ3n) is 3.94. The van der Waals surface area contributed by atoms with Gasteiger partial charge in [-0.05, 0) is 42.5 Å². The van der Waals surface area contributed by atoms with Gasteiger partial charge in [-0.3, -0.25) is 10.1 Å². The molecule has 0 bridgehead atoms. The van der Waals surface area contributed by atoms with Crippen LogP contribution in [0.15, 0.2) is 60.8 Å². The number of nitrogens with zero attached hydrogens (tertiary/aromatic N) is 2. The van der Waals surface area contributed by atoms with E-state index < -0.39 is 0 Å². The molecule has 0 atom stereocenters. The maximum atomic E-state index is 13.6. The van der Waals surface area contributed by atoms with E-state index in [4.69, 9.17) is 4.74 Å². The molecule has 0 aliphatic carbocycles. The summed E-state index contributed by atoms with van der Waals surface area (Å²) in [5, 5.41) is 8.24. The van der Waals surface area contributed by atoms with Gasteiger partial charge in [0, 0.05) is 17.3 Å². The second-order valence-electron chi connectivity index (χ2n) is 5.39. The molecule has 2 aromatic heterocycles. The quantitative estimate of drug-likeness (QED) is 0.607. The lowest BCUT2D eigenvalue weighted by molar-refractivity contribution is 0.415. The molecule has 0 aliphatic heterocycles. The van der Waals surface area contributed by atoms with Gasteiger partial charge in [0.15, 0.2) is 0 Å². The Balaban J connectivity index is 1.94. The molecule has 4 aromatic rings. The van der Waals surface area contributed by atoms with Gasteiger partial charge >= 0.3 is 0 Å². The average molecular weight is 319 g/mol. The number of hydrogen-bond donors (Lipinski definition) is 1. The van der Waals surface area contributed by atoms with Gasteiger partial charge in [0.1, 0.15) is 17.3 Å². The Kier molecular flexibility index (Phi) is 3.46. The largest absolute Gasteiger partial charge is 0.497 e. The minimum atomic E-state index is -0.293. The standard InChI is InChI=1S/C19H14FN3O/c1-24-15-7-5-12(6-8-15)18-17-16(9-10-21-18)22-23-19(17)13-3-2-4-14(20)11-13/h2-11H,1H3,(H,22,23). The lowest BCUT2D eigenvalue weighted by atomic mass is 10.0. The summed E-state index contributed by atoms with van der Waals surface area (Å²) in [5.74, 6) is 0.488. The fourth-order valence-electron chi connectivity index (χ4n) is 2.78. The van der Waals surface area contributed by atoms with Crippen molar-refractivity contribution in [3.05, 3.63) is 66.6 Å². The van der Waals surface area contributed by atoms with E-state index in [1.165, 1.54) is 12.1 Å². The number of hydrogen-bond acceptors (Lipinski definition) is 3. The molecular weight excluding hydrogens is 305 g/mol. The first-order valence-electron chi connectivity index (χ1n) is 7.50. The highest BCUT2D eigenvalue weighted by Gasteiger charge is 2.15. The van der Waals surface area contributed by atoms with E-state index in [0.29, 0.717) is 11.3 Å². The van der Waals surface area contributed by atoms with Gasteiger partial charge in [0.25, 0.3) is 0 Å². The summed E-state index contributed by atoms with van der Waals surface area (Å²) in [6.07, 6.45) is 1.73. The normalized spacial score (nSPS) is 10.9. The minimum absolute atomic E-state index is 0.293. The zero-order chi connectivity index (χ0) is 16.5. The van der Waals surface area contributed by atoms with Crippen LogP contribution in [0.5, 0.6) is 5.75 Å². The topological polar surface area (TPSA) is 50.8 Å². The summed E-state index contributed by atoms with van der Waals surface area (Å²) in [4.78, 5) is 4.52. The van der Waals surface area contributed by atoms with E-state index in [0.717, 1.165) is 27.9 Å². The van der Waals surface area contributed by atoms with Crippen molar-refractivity contribution in [3.8, 4) is 28.3 Å². The zero-order valence-electron chi connectivity index (χ0n) is 13.0. The number of rotatable bonds is 3. The first-order chi connectivity index (χ1) is 11.8. The Morgan fingerprint density at radius 1 is 0.958 bits per heavy atom. The Labute approximate surface area is 137 Å². The lowest BCUT2D eigenvalue weighted by Crippen LogP contribution is -1.88. The molecule has 2 heterocycles. The fourth-order valence-corrected chi connectivity index (χ4v) is 2.78. The van der Waals surface area contributed by atoms with Crippen LogP contribution in [0.25, 0.3) is 33.4 Å². The van der Waals surface area contributed by atoms with Gasteiger partial charge in [-0.1, -0.05) is 12.1 Å². The first kappa shape index (κ1) is 14.4. The number of aromatic nitrogens is 3. The van der Waals surface area contributed by atoms with Crippen LogP contribution < -0.4 is 4.74 Å². The number of benzene rings is 2. The van der Waals surface area contributed by atoms with Crippen molar-refractivity contribution in [3.63, 3.8) is 0 Å². The highest BCUT2D eigenvalue weighted by Crippen LogP contribution is 2.34. The maximum absolute atomic E-state index is 13.6. The minimum Gasteiger partial charge on any atom is -0.497 e. The Morgan fingerprint density at radius 3 is 2.54 bits per heavy atom. The summed E-state index contributed by atoms with van der Waals surface area (Å²) in [5.41, 5.74) is 3.99. The Bertz CT molecular complexity index is 1010. The van der Waals surface area contributed by atoms with Gasteiger partial charge in [-0.2, -0.15) is 5.10 Å². The second-order valence-corrected chi connectivity index (χ2v) is 5.39. The first-order valence-corrected chi connectivity index (χ1v) is 7.50. The zero-order valence-corrected chi connectivity index (χ0v) is 13.0. The van der Waals surface area contributed by atoms with Crippen molar-refractivity contribution < 1.29 is 9.13 Å². The third kappa shape index (κ3) is 2.40. The molecule has 0 saturated carbocycles. The summed E-state index contributed by atoms with van der Waals surface area (Å²) in [7, 11) is 1.63. The molecule has 0 aliphatic rings. The number of nitrogens with one attached hydrogen (secondary N) is 1. The number of aromatic amines is 1. The van der Waals surface area contributed by atoms with Crippen molar-refractivity contribution in [2.24, 2.45) is 0 Å². The smallest absolute Gasteiger partial charge is 0.123 e. The van der Waals surface area contributed by atoms with Crippen LogP contribution in [0.4, 0.5) is 4.39 Å². The van der Waals surface area contributed by atoms with Crippen molar-refractivity contribution in [1.29, 1.82) is 0 Å². The predicted octanol–water partition coefficient (Wildman–Crippen LogP) is 4.44. The van der Waals surface area contributed by atoms with Crippen molar-refractivity contribution in [1.82, 2.24) is 15.2 Å². The van der Waals surface area contributed by atoms with Crippen LogP contribution in [0, 0.1) is 5.82 Å². The molecule has 0 fully saturated rings. The number of methoxy groups -OCH3 is 1. The second kappa shape index (κ2) is 5.77. The number of pyridine rings is 1. The molecule has 5 heteroatoms. The molecular formula is C19H14FN3O. The van der Waals surface area contributed by atoms with Crippen LogP contribution in [-0.4, -0.2) is 22.3 Å². The Morgan fingerprint density at radius 2 is 1.79 bits per heavy atom. The average Bonchev–Trinajstić information content (AvgIpc) is 3.06. The molecule has 4 rings (SSSR count). The molecule has 0 saturated heterocycles. The van der Waals surface area contributed by atoms with Gasteiger partial charge in [0.05, 0.1) is 23.7 Å². The SMILES string of the molecule is COc1ccc(-c2nccc3[nH]nc(-c4cccc(F)c4)c23)cc1. The van der Waals surface area contributed by atoms with Crippen molar-refractivity contribution in [2.45, 2.75) is 0 Å². The molecule has 1 N–H and O–H groups in total. The summed E-state index contributed by atoms with van der Waals surface area (Å²) in [6.45, 7) is 0. The molecule has 0 unspecified atom stereocenters. The van der Waals surface area contributed by atoms with Crippen LogP contribution in [0.2, 0.25) is 0 Å². The molecule has 2 aromatic carbocycles. The van der Waals surface area contributed by atoms with Gasteiger partial charge in [-0.15, -0.1) is 0 Å². The molecule has 4 nitrogen and oxygen atoms in total. The van der Waals surface area contributed by atoms with E-state index in [-0.39, 0.29) is 5.82 Å². The molecule has 0 radical (unpaired) electrons. The van der Waals surface area contributed by atoms with Gasteiger partial charge in [0.2, 0.25) is 0 Å². The summed E-state index contributed by atoms with van der Waals surface area (Å²) >= 11 is 0. The number of H-pyrrole nitrogens is 1. The van der Waals surface area contributed by atoms with E-state index >= 15 is 0 Å².